The molecule has 0 aliphatic carbocycles. The van der Waals surface area contributed by atoms with Gasteiger partial charge in [0.25, 0.3) is 11.7 Å². The minimum Gasteiger partial charge on any atom is -0.483 e. The summed E-state index contributed by atoms with van der Waals surface area (Å²) in [4.78, 5) is 12.2. The number of carbonyl (C=O) groups excluding carboxylic acids is 1. The van der Waals surface area contributed by atoms with Gasteiger partial charge in [0.05, 0.1) is 10.2 Å². The molecular weight excluding hydrogens is 376 g/mol. The Morgan fingerprint density at radius 2 is 1.86 bits per heavy atom. The molecule has 0 aromatic heterocycles. The number of anilines is 1. The summed E-state index contributed by atoms with van der Waals surface area (Å²) in [6.07, 6.45) is 0. The molecule has 1 N–H and O–H groups in total. The molecule has 2 rings (SSSR count). The molecule has 116 valence electrons. The van der Waals surface area contributed by atoms with E-state index in [1.807, 2.05) is 6.07 Å². The number of halogens is 3. The number of nitrogens with one attached hydrogen (secondary N) is 1. The van der Waals surface area contributed by atoms with Crippen LogP contribution in [0.2, 0.25) is 0 Å². The second-order valence-electron chi connectivity index (χ2n) is 4.14. The second kappa shape index (κ2) is 8.14. The zero-order chi connectivity index (χ0) is 15.9. The fourth-order valence-electron chi connectivity index (χ4n) is 1.66. The van der Waals surface area contributed by atoms with Crippen molar-refractivity contribution in [3.63, 3.8) is 0 Å². The van der Waals surface area contributed by atoms with Crippen LogP contribution < -0.4 is 10.1 Å². The Labute approximate surface area is 139 Å². The molecule has 0 aliphatic heterocycles. The molecule has 2 aromatic carbocycles. The van der Waals surface area contributed by atoms with Gasteiger partial charge in [-0.15, -0.1) is 0 Å². The summed E-state index contributed by atoms with van der Waals surface area (Å²) in [5, 5.41) is 2.57. The minimum absolute atomic E-state index is 0.212. The lowest BCUT2D eigenvalue weighted by molar-refractivity contribution is -0.118. The maximum absolute atomic E-state index is 12.5. The highest BCUT2D eigenvalue weighted by Crippen LogP contribution is 2.31. The van der Waals surface area contributed by atoms with Crippen molar-refractivity contribution in [3.05, 3.63) is 53.0 Å². The van der Waals surface area contributed by atoms with Gasteiger partial charge in [0.1, 0.15) is 5.75 Å². The van der Waals surface area contributed by atoms with E-state index < -0.39 is 11.7 Å². The summed E-state index contributed by atoms with van der Waals surface area (Å²) >= 11 is 3.70. The van der Waals surface area contributed by atoms with Crippen molar-refractivity contribution in [2.24, 2.45) is 0 Å². The average molecular weight is 388 g/mol. The van der Waals surface area contributed by atoms with Crippen LogP contribution in [0.3, 0.4) is 0 Å². The highest BCUT2D eigenvalue weighted by molar-refractivity contribution is 9.10. The van der Waals surface area contributed by atoms with Gasteiger partial charge in [0, 0.05) is 4.90 Å². The Morgan fingerprint density at radius 3 is 2.59 bits per heavy atom. The monoisotopic (exact) mass is 387 g/mol. The maximum Gasteiger partial charge on any atom is 0.288 e. The van der Waals surface area contributed by atoms with Gasteiger partial charge in [-0.25, -0.2) is 0 Å². The van der Waals surface area contributed by atoms with E-state index in [1.54, 1.807) is 36.4 Å². The topological polar surface area (TPSA) is 38.3 Å². The zero-order valence-electron chi connectivity index (χ0n) is 11.3. The van der Waals surface area contributed by atoms with Gasteiger partial charge in [0.15, 0.2) is 6.61 Å². The van der Waals surface area contributed by atoms with E-state index >= 15 is 0 Å². The number of alkyl halides is 2. The lowest BCUT2D eigenvalue weighted by atomic mass is 10.3. The van der Waals surface area contributed by atoms with E-state index in [0.29, 0.717) is 28.1 Å². The standard InChI is InChI=1S/C15H12BrF2NO2S/c16-10-5-1-3-7-12(10)21-9-14(20)19-11-6-2-4-8-13(11)22-15(17)18/h1-8,15H,9H2,(H,19,20). The van der Waals surface area contributed by atoms with E-state index in [0.717, 1.165) is 4.47 Å². The molecule has 0 saturated heterocycles. The van der Waals surface area contributed by atoms with Crippen molar-refractivity contribution < 1.29 is 18.3 Å². The SMILES string of the molecule is O=C(COc1ccccc1Br)Nc1ccccc1SC(F)F. The zero-order valence-corrected chi connectivity index (χ0v) is 13.7. The lowest BCUT2D eigenvalue weighted by Gasteiger charge is -2.11. The van der Waals surface area contributed by atoms with Gasteiger partial charge in [-0.2, -0.15) is 8.78 Å². The van der Waals surface area contributed by atoms with E-state index in [9.17, 15) is 13.6 Å². The largest absolute Gasteiger partial charge is 0.483 e. The molecule has 0 radical (unpaired) electrons. The van der Waals surface area contributed by atoms with Crippen molar-refractivity contribution >= 4 is 39.3 Å². The van der Waals surface area contributed by atoms with Gasteiger partial charge in [-0.1, -0.05) is 36.0 Å². The third kappa shape index (κ3) is 4.99. The van der Waals surface area contributed by atoms with Gasteiger partial charge in [-0.05, 0) is 40.2 Å². The quantitative estimate of drug-likeness (QED) is 0.724. The van der Waals surface area contributed by atoms with Crippen LogP contribution in [-0.4, -0.2) is 18.3 Å². The predicted molar refractivity (Wildman–Crippen MR) is 86.6 cm³/mol. The molecule has 0 bridgehead atoms. The number of para-hydroxylation sites is 2. The van der Waals surface area contributed by atoms with Crippen LogP contribution in [0.15, 0.2) is 57.9 Å². The molecule has 0 saturated carbocycles. The Morgan fingerprint density at radius 1 is 1.18 bits per heavy atom. The van der Waals surface area contributed by atoms with E-state index in [4.69, 9.17) is 4.74 Å². The van der Waals surface area contributed by atoms with Crippen LogP contribution in [0.4, 0.5) is 14.5 Å². The molecule has 0 fully saturated rings. The normalized spacial score (nSPS) is 10.5. The van der Waals surface area contributed by atoms with Crippen molar-refractivity contribution in [1.29, 1.82) is 0 Å². The molecule has 3 nitrogen and oxygen atoms in total. The third-order valence-electron chi connectivity index (χ3n) is 2.57. The lowest BCUT2D eigenvalue weighted by Crippen LogP contribution is -2.20. The molecule has 1 amide bonds. The first-order valence-electron chi connectivity index (χ1n) is 6.27. The molecule has 0 spiro atoms. The van der Waals surface area contributed by atoms with Gasteiger partial charge < -0.3 is 10.1 Å². The summed E-state index contributed by atoms with van der Waals surface area (Å²) < 4.78 is 31.1. The number of carbonyl (C=O) groups is 1. The highest BCUT2D eigenvalue weighted by Gasteiger charge is 2.12. The smallest absolute Gasteiger partial charge is 0.288 e. The minimum atomic E-state index is -2.55. The van der Waals surface area contributed by atoms with Crippen LogP contribution >= 0.6 is 27.7 Å². The summed E-state index contributed by atoms with van der Waals surface area (Å²) in [6, 6.07) is 13.5. The van der Waals surface area contributed by atoms with Crippen LogP contribution in [0.25, 0.3) is 0 Å². The third-order valence-corrected chi connectivity index (χ3v) is 4.02. The number of ether oxygens (including phenoxy) is 1. The first-order valence-corrected chi connectivity index (χ1v) is 7.94. The van der Waals surface area contributed by atoms with E-state index in [-0.39, 0.29) is 6.61 Å². The first-order chi connectivity index (χ1) is 10.6. The number of rotatable bonds is 6. The predicted octanol–water partition coefficient (Wildman–Crippen LogP) is 4.78. The van der Waals surface area contributed by atoms with Gasteiger partial charge in [0.2, 0.25) is 0 Å². The molecule has 0 heterocycles. The summed E-state index contributed by atoms with van der Waals surface area (Å²) in [6.45, 7) is -0.212. The maximum atomic E-state index is 12.5. The Bertz CT molecular complexity index is 655. The van der Waals surface area contributed by atoms with E-state index in [2.05, 4.69) is 21.2 Å². The first kappa shape index (κ1) is 16.8. The van der Waals surface area contributed by atoms with Crippen LogP contribution in [-0.2, 0) is 4.79 Å². The molecule has 7 heteroatoms. The molecule has 0 unspecified atom stereocenters. The number of amides is 1. The van der Waals surface area contributed by atoms with Crippen LogP contribution in [0.1, 0.15) is 0 Å². The number of hydrogen-bond acceptors (Lipinski definition) is 3. The van der Waals surface area contributed by atoms with Crippen molar-refractivity contribution in [3.8, 4) is 5.75 Å². The van der Waals surface area contributed by atoms with Gasteiger partial charge in [-0.3, -0.25) is 4.79 Å². The summed E-state index contributed by atoms with van der Waals surface area (Å²) in [5.74, 6) is -2.43. The Hall–Kier alpha value is -1.60. The molecule has 2 aromatic rings. The molecule has 0 atom stereocenters. The highest BCUT2D eigenvalue weighted by atomic mass is 79.9. The Kier molecular flexibility index (Phi) is 6.21. The second-order valence-corrected chi connectivity index (χ2v) is 6.03. The van der Waals surface area contributed by atoms with Crippen LogP contribution in [0, 0.1) is 0 Å². The van der Waals surface area contributed by atoms with Crippen molar-refractivity contribution in [2.45, 2.75) is 10.7 Å². The van der Waals surface area contributed by atoms with Crippen molar-refractivity contribution in [1.82, 2.24) is 0 Å². The summed E-state index contributed by atoms with van der Waals surface area (Å²) in [7, 11) is 0. The van der Waals surface area contributed by atoms with E-state index in [1.165, 1.54) is 6.07 Å². The average Bonchev–Trinajstić information content (AvgIpc) is 2.48. The molecule has 0 aliphatic rings. The van der Waals surface area contributed by atoms with Gasteiger partial charge >= 0.3 is 0 Å². The van der Waals surface area contributed by atoms with Crippen molar-refractivity contribution in [2.75, 3.05) is 11.9 Å². The molecular formula is C15H12BrF2NO2S. The Balaban J connectivity index is 1.96. The fourth-order valence-corrected chi connectivity index (χ4v) is 2.65. The fraction of sp³-hybridized carbons (Fsp3) is 0.133. The number of benzene rings is 2. The molecule has 22 heavy (non-hydrogen) atoms. The van der Waals surface area contributed by atoms with Crippen LogP contribution in [0.5, 0.6) is 5.75 Å². The summed E-state index contributed by atoms with van der Waals surface area (Å²) in [5.41, 5.74) is 0.341. The number of hydrogen-bond donors (Lipinski definition) is 1. The number of thioether (sulfide) groups is 1.